The number of aryl methyl sites for hydroxylation is 2. The Morgan fingerprint density at radius 2 is 1.94 bits per heavy atom. The highest BCUT2D eigenvalue weighted by Crippen LogP contribution is 2.23. The molecule has 170 valence electrons. The molecule has 4 aromatic rings. The van der Waals surface area contributed by atoms with Crippen LogP contribution in [0.2, 0.25) is 5.02 Å². The standard InChI is InChI=1S/C23H22ClN5O3S/c1-13-11-14(2)29(27-13)19-10-9-16(24)21(26-19)23(31)32-15(3)22(30)28(4)12-20-25-17-7-5-6-8-18(17)33-20/h5-11,15H,12H2,1-4H3. The maximum absolute atomic E-state index is 12.8. The summed E-state index contributed by atoms with van der Waals surface area (Å²) in [5.41, 5.74) is 2.50. The maximum Gasteiger partial charge on any atom is 0.359 e. The van der Waals surface area contributed by atoms with Crippen molar-refractivity contribution in [2.45, 2.75) is 33.4 Å². The molecular formula is C23H22ClN5O3S. The number of pyridine rings is 1. The molecule has 0 saturated heterocycles. The summed E-state index contributed by atoms with van der Waals surface area (Å²) in [6.07, 6.45) is -1.02. The number of esters is 1. The predicted octanol–water partition coefficient (Wildman–Crippen LogP) is 4.35. The van der Waals surface area contributed by atoms with E-state index in [2.05, 4.69) is 15.1 Å². The Kier molecular flexibility index (Phi) is 6.44. The zero-order chi connectivity index (χ0) is 23.7. The number of likely N-dealkylation sites (N-methyl/N-ethyl adjacent to an activating group) is 1. The third-order valence-corrected chi connectivity index (χ3v) is 6.30. The summed E-state index contributed by atoms with van der Waals surface area (Å²) < 4.78 is 8.07. The Labute approximate surface area is 199 Å². The zero-order valence-electron chi connectivity index (χ0n) is 18.6. The van der Waals surface area contributed by atoms with E-state index in [4.69, 9.17) is 16.3 Å². The molecule has 3 aromatic heterocycles. The summed E-state index contributed by atoms with van der Waals surface area (Å²) in [6, 6.07) is 12.9. The second-order valence-electron chi connectivity index (χ2n) is 7.66. The van der Waals surface area contributed by atoms with E-state index in [9.17, 15) is 9.59 Å². The van der Waals surface area contributed by atoms with Crippen molar-refractivity contribution in [1.82, 2.24) is 24.6 Å². The highest BCUT2D eigenvalue weighted by molar-refractivity contribution is 7.18. The van der Waals surface area contributed by atoms with Gasteiger partial charge < -0.3 is 9.64 Å². The number of amides is 1. The van der Waals surface area contributed by atoms with Crippen LogP contribution in [0.5, 0.6) is 0 Å². The minimum absolute atomic E-state index is 0.0739. The van der Waals surface area contributed by atoms with Gasteiger partial charge in [0.05, 0.1) is 27.5 Å². The van der Waals surface area contributed by atoms with Gasteiger partial charge in [0.1, 0.15) is 5.01 Å². The number of benzene rings is 1. The van der Waals surface area contributed by atoms with Gasteiger partial charge in [-0.05, 0) is 51.1 Å². The van der Waals surface area contributed by atoms with Crippen molar-refractivity contribution < 1.29 is 14.3 Å². The second-order valence-corrected chi connectivity index (χ2v) is 9.18. The molecule has 0 aliphatic heterocycles. The lowest BCUT2D eigenvalue weighted by Crippen LogP contribution is -2.37. The van der Waals surface area contributed by atoms with Crippen LogP contribution in [0, 0.1) is 13.8 Å². The highest BCUT2D eigenvalue weighted by Gasteiger charge is 2.25. The van der Waals surface area contributed by atoms with E-state index in [1.807, 2.05) is 44.2 Å². The van der Waals surface area contributed by atoms with E-state index in [0.717, 1.165) is 26.6 Å². The number of para-hydroxylation sites is 1. The monoisotopic (exact) mass is 483 g/mol. The number of aromatic nitrogens is 4. The van der Waals surface area contributed by atoms with E-state index < -0.39 is 12.1 Å². The van der Waals surface area contributed by atoms with Crippen molar-refractivity contribution in [3.8, 4) is 5.82 Å². The van der Waals surface area contributed by atoms with Crippen molar-refractivity contribution in [2.75, 3.05) is 7.05 Å². The molecule has 4 rings (SSSR count). The van der Waals surface area contributed by atoms with Crippen molar-refractivity contribution in [3.63, 3.8) is 0 Å². The van der Waals surface area contributed by atoms with Crippen LogP contribution in [0.25, 0.3) is 16.0 Å². The second kappa shape index (κ2) is 9.29. The quantitative estimate of drug-likeness (QED) is 0.379. The van der Waals surface area contributed by atoms with Crippen LogP contribution in [0.15, 0.2) is 42.5 Å². The van der Waals surface area contributed by atoms with Gasteiger partial charge in [0.2, 0.25) is 0 Å². The summed E-state index contributed by atoms with van der Waals surface area (Å²) in [5.74, 6) is -0.699. The molecule has 0 spiro atoms. The topological polar surface area (TPSA) is 90.2 Å². The van der Waals surface area contributed by atoms with Crippen LogP contribution >= 0.6 is 22.9 Å². The number of rotatable bonds is 6. The number of carbonyl (C=O) groups is 2. The largest absolute Gasteiger partial charge is 0.448 e. The Morgan fingerprint density at radius 1 is 1.18 bits per heavy atom. The Hall–Kier alpha value is -3.30. The van der Waals surface area contributed by atoms with Gasteiger partial charge in [0.25, 0.3) is 5.91 Å². The Balaban J connectivity index is 1.45. The Bertz CT molecular complexity index is 1320. The van der Waals surface area contributed by atoms with Crippen LogP contribution < -0.4 is 0 Å². The minimum Gasteiger partial charge on any atom is -0.448 e. The van der Waals surface area contributed by atoms with Crippen LogP contribution in [0.4, 0.5) is 0 Å². The smallest absolute Gasteiger partial charge is 0.359 e. The molecule has 0 bridgehead atoms. The summed E-state index contributed by atoms with van der Waals surface area (Å²) >= 11 is 7.72. The number of hydrogen-bond acceptors (Lipinski definition) is 7. The van der Waals surface area contributed by atoms with Crippen LogP contribution in [0.1, 0.15) is 33.8 Å². The van der Waals surface area contributed by atoms with Gasteiger partial charge in [-0.3, -0.25) is 4.79 Å². The first-order valence-corrected chi connectivity index (χ1v) is 11.4. The van der Waals surface area contributed by atoms with Gasteiger partial charge in [-0.15, -0.1) is 11.3 Å². The van der Waals surface area contributed by atoms with Crippen molar-refractivity contribution >= 4 is 45.0 Å². The van der Waals surface area contributed by atoms with Gasteiger partial charge in [0.15, 0.2) is 17.6 Å². The number of ether oxygens (including phenoxy) is 1. The molecule has 3 heterocycles. The first-order chi connectivity index (χ1) is 15.7. The predicted molar refractivity (Wildman–Crippen MR) is 127 cm³/mol. The summed E-state index contributed by atoms with van der Waals surface area (Å²) in [5, 5.41) is 5.30. The molecule has 8 nitrogen and oxygen atoms in total. The molecule has 1 aromatic carbocycles. The molecule has 0 saturated carbocycles. The van der Waals surface area contributed by atoms with E-state index in [0.29, 0.717) is 12.4 Å². The number of hydrogen-bond donors (Lipinski definition) is 0. The molecule has 1 unspecified atom stereocenters. The molecule has 1 amide bonds. The zero-order valence-corrected chi connectivity index (χ0v) is 20.1. The molecule has 10 heteroatoms. The average Bonchev–Trinajstić information content (AvgIpc) is 3.34. The van der Waals surface area contributed by atoms with Crippen LogP contribution in [-0.2, 0) is 16.1 Å². The molecule has 0 radical (unpaired) electrons. The summed E-state index contributed by atoms with van der Waals surface area (Å²) in [7, 11) is 1.65. The molecular weight excluding hydrogens is 462 g/mol. The van der Waals surface area contributed by atoms with E-state index in [1.165, 1.54) is 23.2 Å². The maximum atomic E-state index is 12.8. The molecule has 0 aliphatic carbocycles. The average molecular weight is 484 g/mol. The normalized spacial score (nSPS) is 12.0. The van der Waals surface area contributed by atoms with Gasteiger partial charge in [0, 0.05) is 12.7 Å². The molecule has 33 heavy (non-hydrogen) atoms. The first-order valence-electron chi connectivity index (χ1n) is 10.2. The SMILES string of the molecule is Cc1cc(C)n(-c2ccc(Cl)c(C(=O)OC(C)C(=O)N(C)Cc3nc4ccccc4s3)n2)n1. The number of nitrogens with zero attached hydrogens (tertiary/aromatic N) is 5. The van der Waals surface area contributed by atoms with Gasteiger partial charge in [-0.25, -0.2) is 19.4 Å². The molecule has 1 atom stereocenters. The molecule has 0 aliphatic rings. The van der Waals surface area contributed by atoms with Gasteiger partial charge in [-0.2, -0.15) is 5.10 Å². The molecule has 0 N–H and O–H groups in total. The third-order valence-electron chi connectivity index (χ3n) is 4.97. The number of carbonyl (C=O) groups excluding carboxylic acids is 2. The van der Waals surface area contributed by atoms with Crippen molar-refractivity contribution in [3.05, 3.63) is 69.6 Å². The third kappa shape index (κ3) is 4.89. The summed E-state index contributed by atoms with van der Waals surface area (Å²) in [4.78, 5) is 35.9. The minimum atomic E-state index is -1.02. The van der Waals surface area contributed by atoms with Crippen LogP contribution in [0.3, 0.4) is 0 Å². The van der Waals surface area contributed by atoms with E-state index in [1.54, 1.807) is 23.9 Å². The van der Waals surface area contributed by atoms with E-state index in [-0.39, 0.29) is 16.6 Å². The first kappa shape index (κ1) is 22.9. The number of thiazole rings is 1. The number of halogens is 1. The lowest BCUT2D eigenvalue weighted by atomic mass is 10.3. The van der Waals surface area contributed by atoms with E-state index >= 15 is 0 Å². The van der Waals surface area contributed by atoms with Gasteiger partial charge in [-0.1, -0.05) is 23.7 Å². The lowest BCUT2D eigenvalue weighted by Gasteiger charge is -2.20. The van der Waals surface area contributed by atoms with Crippen LogP contribution in [-0.4, -0.2) is 49.7 Å². The number of fused-ring (bicyclic) bond motifs is 1. The van der Waals surface area contributed by atoms with Gasteiger partial charge >= 0.3 is 5.97 Å². The Morgan fingerprint density at radius 3 is 2.64 bits per heavy atom. The highest BCUT2D eigenvalue weighted by atomic mass is 35.5. The van der Waals surface area contributed by atoms with Crippen molar-refractivity contribution in [1.29, 1.82) is 0 Å². The summed E-state index contributed by atoms with van der Waals surface area (Å²) in [6.45, 7) is 5.59. The fraction of sp³-hybridized carbons (Fsp3) is 0.261. The van der Waals surface area contributed by atoms with Crippen molar-refractivity contribution in [2.24, 2.45) is 0 Å². The fourth-order valence-corrected chi connectivity index (χ4v) is 4.60. The molecule has 0 fully saturated rings. The lowest BCUT2D eigenvalue weighted by molar-refractivity contribution is -0.139. The fourth-order valence-electron chi connectivity index (χ4n) is 3.40.